The lowest BCUT2D eigenvalue weighted by Crippen LogP contribution is -2.36. The highest BCUT2D eigenvalue weighted by molar-refractivity contribution is 5.52. The highest BCUT2D eigenvalue weighted by atomic mass is 19.1. The minimum absolute atomic E-state index is 0.277. The van der Waals surface area contributed by atoms with Crippen molar-refractivity contribution in [1.29, 1.82) is 0 Å². The molecule has 0 amide bonds. The fourth-order valence-corrected chi connectivity index (χ4v) is 2.70. The Bertz CT molecular complexity index is 592. The van der Waals surface area contributed by atoms with Crippen molar-refractivity contribution < 1.29 is 13.7 Å². The van der Waals surface area contributed by atoms with Crippen LogP contribution in [-0.2, 0) is 11.3 Å². The summed E-state index contributed by atoms with van der Waals surface area (Å²) < 4.78 is 23.8. The zero-order chi connectivity index (χ0) is 15.4. The number of ether oxygens (including phenoxy) is 1. The Morgan fingerprint density at radius 3 is 2.68 bits per heavy atom. The van der Waals surface area contributed by atoms with Crippen LogP contribution in [0.5, 0.6) is 0 Å². The minimum atomic E-state index is -0.277. The second kappa shape index (κ2) is 6.98. The molecule has 1 saturated heterocycles. The third kappa shape index (κ3) is 3.69. The monoisotopic (exact) mass is 305 g/mol. The predicted octanol–water partition coefficient (Wildman–Crippen LogP) is 2.88. The van der Waals surface area contributed by atoms with Gasteiger partial charge in [-0.1, -0.05) is 5.16 Å². The van der Waals surface area contributed by atoms with Crippen LogP contribution >= 0.6 is 0 Å². The smallest absolute Gasteiger partial charge is 0.257 e. The number of hydrogen-bond acceptors (Lipinski definition) is 5. The number of hydrogen-bond donors (Lipinski definition) is 0. The first-order valence-electron chi connectivity index (χ1n) is 7.67. The van der Waals surface area contributed by atoms with Gasteiger partial charge in [-0.15, -0.1) is 0 Å². The summed E-state index contributed by atoms with van der Waals surface area (Å²) in [4.78, 5) is 6.69. The first kappa shape index (κ1) is 15.1. The van der Waals surface area contributed by atoms with E-state index in [4.69, 9.17) is 9.26 Å². The van der Waals surface area contributed by atoms with Crippen molar-refractivity contribution in [2.24, 2.45) is 0 Å². The maximum Gasteiger partial charge on any atom is 0.257 e. The summed E-state index contributed by atoms with van der Waals surface area (Å²) in [5.74, 6) is 0.814. The number of rotatable bonds is 5. The van der Waals surface area contributed by atoms with Gasteiger partial charge >= 0.3 is 0 Å². The van der Waals surface area contributed by atoms with Gasteiger partial charge in [0, 0.05) is 25.3 Å². The molecule has 1 aliphatic heterocycles. The molecule has 6 heteroatoms. The second-order valence-electron chi connectivity index (χ2n) is 5.45. The third-order valence-electron chi connectivity index (χ3n) is 3.86. The van der Waals surface area contributed by atoms with Crippen LogP contribution in [0.4, 0.5) is 4.39 Å². The zero-order valence-corrected chi connectivity index (χ0v) is 12.7. The Morgan fingerprint density at radius 2 is 2.00 bits per heavy atom. The van der Waals surface area contributed by atoms with Crippen molar-refractivity contribution in [3.05, 3.63) is 35.9 Å². The molecule has 118 valence electrons. The lowest BCUT2D eigenvalue weighted by Gasteiger charge is -2.30. The van der Waals surface area contributed by atoms with Crippen LogP contribution in [0.25, 0.3) is 11.5 Å². The Labute approximate surface area is 129 Å². The fourth-order valence-electron chi connectivity index (χ4n) is 2.70. The normalized spacial score (nSPS) is 17.0. The number of halogens is 1. The van der Waals surface area contributed by atoms with Gasteiger partial charge in [0.15, 0.2) is 5.82 Å². The summed E-state index contributed by atoms with van der Waals surface area (Å²) in [7, 11) is 0. The number of aromatic nitrogens is 2. The first-order chi connectivity index (χ1) is 10.7. The zero-order valence-electron chi connectivity index (χ0n) is 12.7. The standard InChI is InChI=1S/C16H20FN3O2/c1-2-21-14-7-9-20(10-8-14)11-15-18-16(22-19-15)12-3-5-13(17)6-4-12/h3-6,14H,2,7-11H2,1H3. The third-order valence-corrected chi connectivity index (χ3v) is 3.86. The summed E-state index contributed by atoms with van der Waals surface area (Å²) in [6.07, 6.45) is 2.45. The summed E-state index contributed by atoms with van der Waals surface area (Å²) in [5.41, 5.74) is 0.732. The van der Waals surface area contributed by atoms with Crippen molar-refractivity contribution in [3.8, 4) is 11.5 Å². The Balaban J connectivity index is 1.57. The molecule has 3 rings (SSSR count). The van der Waals surface area contributed by atoms with Gasteiger partial charge in [0.05, 0.1) is 12.6 Å². The van der Waals surface area contributed by atoms with E-state index in [-0.39, 0.29) is 5.82 Å². The molecule has 0 N–H and O–H groups in total. The number of benzene rings is 1. The quantitative estimate of drug-likeness (QED) is 0.850. The van der Waals surface area contributed by atoms with Gasteiger partial charge in [-0.3, -0.25) is 4.90 Å². The van der Waals surface area contributed by atoms with Crippen LogP contribution in [-0.4, -0.2) is 40.8 Å². The Hall–Kier alpha value is -1.79. The Kier molecular flexibility index (Phi) is 4.80. The highest BCUT2D eigenvalue weighted by Gasteiger charge is 2.21. The van der Waals surface area contributed by atoms with E-state index < -0.39 is 0 Å². The van der Waals surface area contributed by atoms with E-state index >= 15 is 0 Å². The SMILES string of the molecule is CCOC1CCN(Cc2noc(-c3ccc(F)cc3)n2)CC1. The van der Waals surface area contributed by atoms with Crippen LogP contribution in [0, 0.1) is 5.82 Å². The molecule has 0 radical (unpaired) electrons. The molecular weight excluding hydrogens is 285 g/mol. The van der Waals surface area contributed by atoms with Crippen molar-refractivity contribution in [3.63, 3.8) is 0 Å². The lowest BCUT2D eigenvalue weighted by molar-refractivity contribution is 0.0119. The molecule has 0 aliphatic carbocycles. The summed E-state index contributed by atoms with van der Waals surface area (Å²) in [5, 5.41) is 4.01. The van der Waals surface area contributed by atoms with Gasteiger partial charge in [0.2, 0.25) is 0 Å². The average molecular weight is 305 g/mol. The molecule has 0 saturated carbocycles. The maximum atomic E-state index is 12.9. The number of nitrogens with zero attached hydrogens (tertiary/aromatic N) is 3. The summed E-state index contributed by atoms with van der Waals surface area (Å²) >= 11 is 0. The lowest BCUT2D eigenvalue weighted by atomic mass is 10.1. The van der Waals surface area contributed by atoms with E-state index in [0.717, 1.165) is 38.1 Å². The largest absolute Gasteiger partial charge is 0.378 e. The second-order valence-corrected chi connectivity index (χ2v) is 5.45. The molecule has 22 heavy (non-hydrogen) atoms. The van der Waals surface area contributed by atoms with E-state index in [1.165, 1.54) is 12.1 Å². The van der Waals surface area contributed by atoms with E-state index in [1.54, 1.807) is 12.1 Å². The molecule has 2 heterocycles. The van der Waals surface area contributed by atoms with E-state index in [0.29, 0.717) is 24.4 Å². The van der Waals surface area contributed by atoms with Crippen LogP contribution in [0.3, 0.4) is 0 Å². The van der Waals surface area contributed by atoms with Crippen LogP contribution in [0.2, 0.25) is 0 Å². The molecule has 0 unspecified atom stereocenters. The van der Waals surface area contributed by atoms with Crippen LogP contribution in [0.1, 0.15) is 25.6 Å². The molecule has 1 aromatic carbocycles. The van der Waals surface area contributed by atoms with Gasteiger partial charge in [-0.25, -0.2) is 4.39 Å². The van der Waals surface area contributed by atoms with Gasteiger partial charge < -0.3 is 9.26 Å². The van der Waals surface area contributed by atoms with Gasteiger partial charge in [-0.05, 0) is 44.0 Å². The molecule has 1 aliphatic rings. The van der Waals surface area contributed by atoms with Gasteiger partial charge in [0.25, 0.3) is 5.89 Å². The van der Waals surface area contributed by atoms with E-state index in [1.807, 2.05) is 6.92 Å². The van der Waals surface area contributed by atoms with Crippen molar-refractivity contribution in [2.45, 2.75) is 32.4 Å². The molecular formula is C16H20FN3O2. The molecule has 1 aromatic heterocycles. The van der Waals surface area contributed by atoms with Crippen LogP contribution in [0.15, 0.2) is 28.8 Å². The van der Waals surface area contributed by atoms with Crippen molar-refractivity contribution in [2.75, 3.05) is 19.7 Å². The van der Waals surface area contributed by atoms with E-state index in [2.05, 4.69) is 15.0 Å². The molecule has 2 aromatic rings. The maximum absolute atomic E-state index is 12.9. The summed E-state index contributed by atoms with van der Waals surface area (Å²) in [6, 6.07) is 6.05. The first-order valence-corrected chi connectivity index (χ1v) is 7.67. The van der Waals surface area contributed by atoms with Crippen LogP contribution < -0.4 is 0 Å². The van der Waals surface area contributed by atoms with Gasteiger partial charge in [-0.2, -0.15) is 4.98 Å². The summed E-state index contributed by atoms with van der Waals surface area (Å²) in [6.45, 7) is 5.43. The highest BCUT2D eigenvalue weighted by Crippen LogP contribution is 2.19. The van der Waals surface area contributed by atoms with Crippen molar-refractivity contribution >= 4 is 0 Å². The predicted molar refractivity (Wildman–Crippen MR) is 79.6 cm³/mol. The molecule has 5 nitrogen and oxygen atoms in total. The minimum Gasteiger partial charge on any atom is -0.378 e. The Morgan fingerprint density at radius 1 is 1.27 bits per heavy atom. The number of likely N-dealkylation sites (tertiary alicyclic amines) is 1. The van der Waals surface area contributed by atoms with Gasteiger partial charge in [0.1, 0.15) is 5.82 Å². The number of piperidine rings is 1. The fraction of sp³-hybridized carbons (Fsp3) is 0.500. The average Bonchev–Trinajstić information content (AvgIpc) is 2.99. The molecule has 0 atom stereocenters. The van der Waals surface area contributed by atoms with Crippen molar-refractivity contribution in [1.82, 2.24) is 15.0 Å². The topological polar surface area (TPSA) is 51.4 Å². The molecule has 0 bridgehead atoms. The molecule has 0 spiro atoms. The molecule has 1 fully saturated rings. The van der Waals surface area contributed by atoms with E-state index in [9.17, 15) is 4.39 Å².